The topological polar surface area (TPSA) is 149 Å². The van der Waals surface area contributed by atoms with E-state index in [2.05, 4.69) is 141 Å². The van der Waals surface area contributed by atoms with Crippen molar-refractivity contribution < 1.29 is 39.8 Å². The van der Waals surface area contributed by atoms with Gasteiger partial charge in [-0.15, -0.1) is 0 Å². The minimum atomic E-state index is -1.57. The molecule has 9 nitrogen and oxygen atoms in total. The first-order chi connectivity index (χ1) is 37.8. The molecule has 77 heavy (non-hydrogen) atoms. The van der Waals surface area contributed by atoms with E-state index >= 15 is 0 Å². The molecule has 0 aromatic carbocycles. The molecule has 1 saturated heterocycles. The molecule has 1 aliphatic heterocycles. The van der Waals surface area contributed by atoms with Crippen LogP contribution in [0.25, 0.3) is 0 Å². The predicted octanol–water partition coefficient (Wildman–Crippen LogP) is 16.1. The van der Waals surface area contributed by atoms with E-state index in [1.165, 1.54) is 96.3 Å². The Balaban J connectivity index is 2.13. The van der Waals surface area contributed by atoms with E-state index in [1.54, 1.807) is 6.08 Å². The first kappa shape index (κ1) is 71.3. The summed E-state index contributed by atoms with van der Waals surface area (Å²) in [4.78, 5) is 13.0. The lowest BCUT2D eigenvalue weighted by Gasteiger charge is -2.40. The highest BCUT2D eigenvalue weighted by Crippen LogP contribution is 2.23. The first-order valence-electron chi connectivity index (χ1n) is 30.9. The van der Waals surface area contributed by atoms with Crippen LogP contribution in [0.2, 0.25) is 0 Å². The maximum Gasteiger partial charge on any atom is 0.220 e. The van der Waals surface area contributed by atoms with Crippen molar-refractivity contribution in [2.75, 3.05) is 13.2 Å². The Morgan fingerprint density at radius 3 is 1.19 bits per heavy atom. The molecule has 9 heteroatoms. The van der Waals surface area contributed by atoms with Crippen molar-refractivity contribution >= 4 is 5.91 Å². The second-order valence-corrected chi connectivity index (χ2v) is 20.8. The molecule has 1 amide bonds. The number of unbranched alkanes of at least 4 members (excludes halogenated alkanes) is 21. The molecule has 6 N–H and O–H groups in total. The molecule has 0 spiro atoms. The van der Waals surface area contributed by atoms with Gasteiger partial charge in [-0.3, -0.25) is 4.79 Å². The van der Waals surface area contributed by atoms with Crippen LogP contribution in [0.4, 0.5) is 0 Å². The van der Waals surface area contributed by atoms with Crippen LogP contribution in [0.5, 0.6) is 0 Å². The van der Waals surface area contributed by atoms with Crippen LogP contribution in [0.1, 0.15) is 232 Å². The quantitative estimate of drug-likeness (QED) is 0.0261. The van der Waals surface area contributed by atoms with Gasteiger partial charge in [-0.2, -0.15) is 0 Å². The summed E-state index contributed by atoms with van der Waals surface area (Å²) in [5.41, 5.74) is 0. The van der Waals surface area contributed by atoms with Gasteiger partial charge in [0.1, 0.15) is 24.4 Å². The maximum absolute atomic E-state index is 13.0. The van der Waals surface area contributed by atoms with Gasteiger partial charge in [-0.1, -0.05) is 263 Å². The smallest absolute Gasteiger partial charge is 0.220 e. The van der Waals surface area contributed by atoms with Crippen molar-refractivity contribution in [2.24, 2.45) is 0 Å². The molecular formula is C68H113NO8. The van der Waals surface area contributed by atoms with Crippen LogP contribution >= 0.6 is 0 Å². The lowest BCUT2D eigenvalue weighted by Crippen LogP contribution is -2.60. The van der Waals surface area contributed by atoms with E-state index in [0.29, 0.717) is 6.42 Å². The Morgan fingerprint density at radius 2 is 0.805 bits per heavy atom. The summed E-state index contributed by atoms with van der Waals surface area (Å²) < 4.78 is 11.2. The fourth-order valence-electron chi connectivity index (χ4n) is 8.89. The molecule has 1 heterocycles. The van der Waals surface area contributed by atoms with E-state index in [4.69, 9.17) is 9.47 Å². The summed E-state index contributed by atoms with van der Waals surface area (Å²) in [5, 5.41) is 54.4. The summed E-state index contributed by atoms with van der Waals surface area (Å²) in [6.45, 7) is 3.64. The molecule has 1 rings (SSSR count). The minimum Gasteiger partial charge on any atom is -0.394 e. The third-order valence-corrected chi connectivity index (χ3v) is 13.7. The molecule has 1 fully saturated rings. The minimum absolute atomic E-state index is 0.187. The summed E-state index contributed by atoms with van der Waals surface area (Å²) in [7, 11) is 0. The van der Waals surface area contributed by atoms with Gasteiger partial charge in [-0.05, 0) is 96.3 Å². The largest absolute Gasteiger partial charge is 0.394 e. The normalized spacial score (nSPS) is 19.7. The zero-order valence-electron chi connectivity index (χ0n) is 48.7. The standard InChI is InChI=1S/C68H113NO8/c1-3-5-7-9-11-13-15-17-18-19-20-21-22-23-24-25-26-27-28-29-30-31-32-33-34-35-36-37-38-39-40-41-42-43-44-46-48-50-52-54-56-58-64(72)69-61(60-76-68-67(75)66(74)65(73)63(59-70)77-68)62(71)57-55-53-51-49-47-45-16-14-12-10-8-6-4-2/h5,7,11,13,17-18,20-21,23-24,26-27,29-30,32-33,35-36,38-39,55,57,61-63,65-68,70-71,73-75H,3-4,6,8-10,12,14-16,19,22,25,28,31,34,37,40-54,56,58-60H2,1-2H3,(H,69,72)/b7-5-,13-11-,18-17-,21-20-,24-23-,27-26-,30-29-,33-32-,36-35-,39-38-,57-55+. The van der Waals surface area contributed by atoms with E-state index < -0.39 is 49.5 Å². The molecule has 0 aliphatic carbocycles. The number of ether oxygens (including phenoxy) is 2. The SMILES string of the molecule is CC/C=C\C/C=C\C/C=C\C/C=C\C/C=C\C/C=C\C/C=C\C/C=C\C/C=C\C/C=C\CCCCCCCCCCCCC(=O)NC(COC1OC(CO)C(O)C(O)C1O)C(O)/C=C/CCCCCCCCCCCCC. The average Bonchev–Trinajstić information content (AvgIpc) is 3.43. The molecule has 7 unspecified atom stereocenters. The number of allylic oxidation sites excluding steroid dienone is 21. The Labute approximate surface area is 471 Å². The van der Waals surface area contributed by atoms with Crippen molar-refractivity contribution in [3.63, 3.8) is 0 Å². The number of aliphatic hydroxyl groups excluding tert-OH is 5. The number of carbonyl (C=O) groups is 1. The second kappa shape index (κ2) is 55.6. The summed E-state index contributed by atoms with van der Waals surface area (Å²) in [6, 6.07) is -0.815. The van der Waals surface area contributed by atoms with Crippen molar-refractivity contribution in [1.29, 1.82) is 0 Å². The fraction of sp³-hybridized carbons (Fsp3) is 0.662. The number of carbonyl (C=O) groups excluding carboxylic acids is 1. The van der Waals surface area contributed by atoms with Crippen molar-refractivity contribution in [3.05, 3.63) is 134 Å². The first-order valence-corrected chi connectivity index (χ1v) is 30.9. The molecule has 0 aromatic heterocycles. The van der Waals surface area contributed by atoms with Crippen molar-refractivity contribution in [2.45, 2.75) is 275 Å². The van der Waals surface area contributed by atoms with E-state index in [9.17, 15) is 30.3 Å². The van der Waals surface area contributed by atoms with E-state index in [1.807, 2.05) is 6.08 Å². The van der Waals surface area contributed by atoms with Crippen molar-refractivity contribution in [1.82, 2.24) is 5.32 Å². The monoisotopic (exact) mass is 1070 g/mol. The molecule has 0 radical (unpaired) electrons. The molecular weight excluding hydrogens is 959 g/mol. The third-order valence-electron chi connectivity index (χ3n) is 13.7. The average molecular weight is 1070 g/mol. The Morgan fingerprint density at radius 1 is 0.455 bits per heavy atom. The molecule has 438 valence electrons. The van der Waals surface area contributed by atoms with Crippen LogP contribution in [0.3, 0.4) is 0 Å². The third kappa shape index (κ3) is 44.8. The number of hydrogen-bond donors (Lipinski definition) is 6. The van der Waals surface area contributed by atoms with Crippen LogP contribution in [0, 0.1) is 0 Å². The fourth-order valence-corrected chi connectivity index (χ4v) is 8.89. The van der Waals surface area contributed by atoms with Gasteiger partial charge in [0, 0.05) is 6.42 Å². The number of hydrogen-bond acceptors (Lipinski definition) is 8. The number of amides is 1. The number of aliphatic hydroxyl groups is 5. The van der Waals surface area contributed by atoms with Gasteiger partial charge in [0.2, 0.25) is 5.91 Å². The van der Waals surface area contributed by atoms with Gasteiger partial charge in [0.05, 0.1) is 25.4 Å². The second-order valence-electron chi connectivity index (χ2n) is 20.8. The highest BCUT2D eigenvalue weighted by Gasteiger charge is 2.44. The molecule has 0 bridgehead atoms. The van der Waals surface area contributed by atoms with Crippen LogP contribution in [-0.2, 0) is 14.3 Å². The van der Waals surface area contributed by atoms with Gasteiger partial charge in [0.25, 0.3) is 0 Å². The Hall–Kier alpha value is -3.67. The number of rotatable bonds is 51. The Kier molecular flexibility index (Phi) is 51.5. The molecule has 0 aromatic rings. The van der Waals surface area contributed by atoms with Gasteiger partial charge in [0.15, 0.2) is 6.29 Å². The Bertz CT molecular complexity index is 1670. The van der Waals surface area contributed by atoms with Crippen LogP contribution in [-0.4, -0.2) is 87.5 Å². The van der Waals surface area contributed by atoms with Gasteiger partial charge >= 0.3 is 0 Å². The lowest BCUT2D eigenvalue weighted by molar-refractivity contribution is -0.302. The highest BCUT2D eigenvalue weighted by atomic mass is 16.7. The molecule has 1 aliphatic rings. The van der Waals surface area contributed by atoms with Crippen LogP contribution < -0.4 is 5.32 Å². The zero-order valence-corrected chi connectivity index (χ0v) is 48.7. The summed E-state index contributed by atoms with van der Waals surface area (Å²) >= 11 is 0. The molecule has 0 saturated carbocycles. The summed E-state index contributed by atoms with van der Waals surface area (Å²) in [5.74, 6) is -0.187. The van der Waals surface area contributed by atoms with Crippen molar-refractivity contribution in [3.8, 4) is 0 Å². The molecule has 7 atom stereocenters. The van der Waals surface area contributed by atoms with Gasteiger partial charge in [-0.25, -0.2) is 0 Å². The van der Waals surface area contributed by atoms with E-state index in [-0.39, 0.29) is 12.5 Å². The summed E-state index contributed by atoms with van der Waals surface area (Å²) in [6.07, 6.45) is 78.1. The maximum atomic E-state index is 13.0. The van der Waals surface area contributed by atoms with E-state index in [0.717, 1.165) is 116 Å². The van der Waals surface area contributed by atoms with Gasteiger partial charge < -0.3 is 40.3 Å². The predicted molar refractivity (Wildman–Crippen MR) is 327 cm³/mol. The highest BCUT2D eigenvalue weighted by molar-refractivity contribution is 5.76. The number of nitrogens with one attached hydrogen (secondary N) is 1. The van der Waals surface area contributed by atoms with Crippen LogP contribution in [0.15, 0.2) is 134 Å². The zero-order chi connectivity index (χ0) is 55.8. The lowest BCUT2D eigenvalue weighted by atomic mass is 9.99.